The first-order chi connectivity index (χ1) is 29.9. The number of carbonyl (C=O) groups excluding carboxylic acids is 4. The van der Waals surface area contributed by atoms with Gasteiger partial charge in [0.2, 0.25) is 23.6 Å². The average Bonchev–Trinajstić information content (AvgIpc) is 3.60. The van der Waals surface area contributed by atoms with Crippen LogP contribution in [0.2, 0.25) is 0 Å². The second-order valence-electron chi connectivity index (χ2n) is 22.3. The Kier molecular flexibility index (Phi) is 17.9. The lowest BCUT2D eigenvalue weighted by Crippen LogP contribution is -2.63. The Bertz CT molecular complexity index is 1770. The van der Waals surface area contributed by atoms with Crippen molar-refractivity contribution >= 4 is 23.6 Å². The number of rotatable bonds is 25. The Balaban J connectivity index is 1.31. The summed E-state index contributed by atoms with van der Waals surface area (Å²) >= 11 is 0. The molecule has 5 unspecified atom stereocenters. The maximum Gasteiger partial charge on any atom is 0.233 e. The zero-order chi connectivity index (χ0) is 46.0. The van der Waals surface area contributed by atoms with Gasteiger partial charge in [0.1, 0.15) is 0 Å². The third kappa shape index (κ3) is 12.1. The van der Waals surface area contributed by atoms with Gasteiger partial charge in [-0.25, -0.2) is 0 Å². The molecule has 0 N–H and O–H groups in total. The highest BCUT2D eigenvalue weighted by atomic mass is 16.2. The van der Waals surface area contributed by atoms with Crippen LogP contribution in [-0.2, 0) is 30.0 Å². The Labute approximate surface area is 383 Å². The minimum Gasteiger partial charge on any atom is -0.296 e. The topological polar surface area (TPSA) is 78.0 Å². The lowest BCUT2D eigenvalue weighted by atomic mass is 9.60. The fourth-order valence-corrected chi connectivity index (χ4v) is 12.0. The monoisotopic (exact) mass is 866 g/mol. The molecule has 0 aliphatic carbocycles. The molecule has 0 saturated carbocycles. The molecule has 3 heterocycles. The van der Waals surface area contributed by atoms with Crippen LogP contribution in [0, 0.1) is 23.7 Å². The van der Waals surface area contributed by atoms with Crippen LogP contribution in [0.1, 0.15) is 202 Å². The van der Waals surface area contributed by atoms with Crippen molar-refractivity contribution < 1.29 is 19.2 Å². The molecule has 350 valence electrons. The van der Waals surface area contributed by atoms with Crippen molar-refractivity contribution in [1.29, 1.82) is 0 Å². The van der Waals surface area contributed by atoms with Gasteiger partial charge >= 0.3 is 0 Å². The van der Waals surface area contributed by atoms with Crippen LogP contribution in [0.5, 0.6) is 0 Å². The Morgan fingerprint density at radius 2 is 1.00 bits per heavy atom. The minimum absolute atomic E-state index is 0.0867. The molecule has 0 aromatic heterocycles. The van der Waals surface area contributed by atoms with E-state index in [0.717, 1.165) is 30.4 Å². The summed E-state index contributed by atoms with van der Waals surface area (Å²) in [4.78, 5) is 64.9. The fourth-order valence-electron chi connectivity index (χ4n) is 12.0. The normalized spacial score (nSPS) is 24.2. The molecule has 2 aromatic rings. The number of carbonyl (C=O) groups is 4. The number of hydrogen-bond acceptors (Lipinski definition) is 5. The molecule has 0 bridgehead atoms. The van der Waals surface area contributed by atoms with Gasteiger partial charge in [0, 0.05) is 35.0 Å². The third-order valence-electron chi connectivity index (χ3n) is 16.2. The summed E-state index contributed by atoms with van der Waals surface area (Å²) in [6.07, 6.45) is 22.5. The zero-order valence-corrected chi connectivity index (χ0v) is 41.5. The summed E-state index contributed by atoms with van der Waals surface area (Å²) < 4.78 is 0. The van der Waals surface area contributed by atoms with E-state index in [2.05, 4.69) is 91.6 Å². The summed E-state index contributed by atoms with van der Waals surface area (Å²) in [5, 5.41) is 0. The molecule has 4 amide bonds. The Morgan fingerprint density at radius 1 is 0.556 bits per heavy atom. The van der Waals surface area contributed by atoms with E-state index in [-0.39, 0.29) is 46.2 Å². The second-order valence-corrected chi connectivity index (χ2v) is 22.3. The Morgan fingerprint density at radius 3 is 1.48 bits per heavy atom. The van der Waals surface area contributed by atoms with Crippen LogP contribution < -0.4 is 0 Å². The summed E-state index contributed by atoms with van der Waals surface area (Å²) in [6, 6.07) is 20.2. The van der Waals surface area contributed by atoms with Gasteiger partial charge in [-0.3, -0.25) is 33.9 Å². The van der Waals surface area contributed by atoms with E-state index in [9.17, 15) is 14.4 Å². The Hall–Kier alpha value is -3.32. The van der Waals surface area contributed by atoms with Gasteiger partial charge < -0.3 is 0 Å². The summed E-state index contributed by atoms with van der Waals surface area (Å²) in [6.45, 7) is 19.9. The quantitative estimate of drug-likeness (QED) is 0.0734. The van der Waals surface area contributed by atoms with Crippen LogP contribution in [0.3, 0.4) is 0 Å². The lowest BCUT2D eigenvalue weighted by molar-refractivity contribution is -0.148. The highest BCUT2D eigenvalue weighted by Crippen LogP contribution is 2.52. The molecule has 3 saturated heterocycles. The average molecular weight is 866 g/mol. The molecule has 3 aliphatic heterocycles. The highest BCUT2D eigenvalue weighted by Gasteiger charge is 2.60. The van der Waals surface area contributed by atoms with Gasteiger partial charge in [-0.05, 0) is 83.4 Å². The number of hydrogen-bond donors (Lipinski definition) is 0. The van der Waals surface area contributed by atoms with Crippen molar-refractivity contribution in [1.82, 2.24) is 14.7 Å². The van der Waals surface area contributed by atoms with E-state index >= 15 is 4.79 Å². The molecule has 5 rings (SSSR count). The molecule has 63 heavy (non-hydrogen) atoms. The largest absolute Gasteiger partial charge is 0.296 e. The minimum atomic E-state index is -0.884. The molecule has 3 fully saturated rings. The van der Waals surface area contributed by atoms with Crippen molar-refractivity contribution in [2.24, 2.45) is 23.7 Å². The van der Waals surface area contributed by atoms with Gasteiger partial charge in [0.25, 0.3) is 0 Å². The maximum absolute atomic E-state index is 15.2. The van der Waals surface area contributed by atoms with E-state index in [4.69, 9.17) is 0 Å². The first kappa shape index (κ1) is 50.7. The molecule has 7 nitrogen and oxygen atoms in total. The molecule has 0 radical (unpaired) electrons. The van der Waals surface area contributed by atoms with Crippen molar-refractivity contribution in [3.8, 4) is 0 Å². The summed E-state index contributed by atoms with van der Waals surface area (Å²) in [5.74, 6) is -2.83. The van der Waals surface area contributed by atoms with Gasteiger partial charge in [-0.2, -0.15) is 0 Å². The van der Waals surface area contributed by atoms with Gasteiger partial charge in [0.15, 0.2) is 0 Å². The van der Waals surface area contributed by atoms with Crippen LogP contribution in [0.4, 0.5) is 0 Å². The van der Waals surface area contributed by atoms with Crippen LogP contribution in [-0.4, -0.2) is 69.0 Å². The predicted molar refractivity (Wildman–Crippen MR) is 259 cm³/mol. The molecular formula is C56H87N3O4. The van der Waals surface area contributed by atoms with Crippen molar-refractivity contribution in [2.75, 3.05) is 13.6 Å². The van der Waals surface area contributed by atoms with Crippen LogP contribution >= 0.6 is 0 Å². The van der Waals surface area contributed by atoms with E-state index in [1.807, 2.05) is 43.3 Å². The molecule has 3 aliphatic rings. The van der Waals surface area contributed by atoms with E-state index in [0.29, 0.717) is 32.2 Å². The molecular weight excluding hydrogens is 779 g/mol. The van der Waals surface area contributed by atoms with Crippen molar-refractivity contribution in [3.05, 3.63) is 71.8 Å². The SMILES string of the molecule is CCCCCCCCCCCCCCCCCCN1C(=O)C(CC(C)(C)c2ccccc2)C(C(C)(CC2C(=O)N(C3CC(C)(C)N(C)C(C)(C)C3)C(=O)C2C)c2ccccc2)C1=O. The maximum atomic E-state index is 15.2. The number of nitrogens with zero attached hydrogens (tertiary/aromatic N) is 3. The van der Waals surface area contributed by atoms with Crippen LogP contribution in [0.15, 0.2) is 60.7 Å². The number of benzene rings is 2. The number of amides is 4. The first-order valence-electron chi connectivity index (χ1n) is 25.4. The van der Waals surface area contributed by atoms with E-state index < -0.39 is 29.1 Å². The van der Waals surface area contributed by atoms with Gasteiger partial charge in [0.05, 0.1) is 17.8 Å². The third-order valence-corrected chi connectivity index (χ3v) is 16.2. The lowest BCUT2D eigenvalue weighted by Gasteiger charge is -2.54. The number of likely N-dealkylation sites (tertiary alicyclic amines) is 3. The first-order valence-corrected chi connectivity index (χ1v) is 25.4. The van der Waals surface area contributed by atoms with Gasteiger partial charge in [-0.15, -0.1) is 0 Å². The summed E-state index contributed by atoms with van der Waals surface area (Å²) in [5.41, 5.74) is 0.405. The summed E-state index contributed by atoms with van der Waals surface area (Å²) in [7, 11) is 2.14. The highest BCUT2D eigenvalue weighted by molar-refractivity contribution is 6.07. The fraction of sp³-hybridized carbons (Fsp3) is 0.714. The zero-order valence-electron chi connectivity index (χ0n) is 41.5. The second kappa shape index (κ2) is 22.2. The van der Waals surface area contributed by atoms with Crippen molar-refractivity contribution in [3.63, 3.8) is 0 Å². The molecule has 2 aromatic carbocycles. The predicted octanol–water partition coefficient (Wildman–Crippen LogP) is 12.8. The number of unbranched alkanes of at least 4 members (excludes halogenated alkanes) is 15. The smallest absolute Gasteiger partial charge is 0.233 e. The van der Waals surface area contributed by atoms with Crippen LogP contribution in [0.25, 0.3) is 0 Å². The van der Waals surface area contributed by atoms with E-state index in [1.165, 1.54) is 83.5 Å². The van der Waals surface area contributed by atoms with Crippen molar-refractivity contribution in [2.45, 2.75) is 219 Å². The number of piperidine rings is 1. The molecule has 5 atom stereocenters. The molecule has 0 spiro atoms. The standard InChI is InChI=1S/C56H87N3O4/c1-11-12-13-14-15-16-17-18-19-20-21-22-23-24-25-32-37-58-50(61)47(40-53(3,4)43-33-28-26-29-34-43)48(52(58)63)56(9,44-35-30-27-31-36-44)41-46-42(2)49(60)59(51(46)62)45-38-54(5,6)57(10)55(7,8)39-45/h26-31,33-36,42,45-48H,11-25,32,37-41H2,1-10H3. The van der Waals surface area contributed by atoms with Gasteiger partial charge in [-0.1, -0.05) is 192 Å². The number of imide groups is 2. The van der Waals surface area contributed by atoms with E-state index in [1.54, 1.807) is 9.80 Å². The molecule has 7 heteroatoms.